The van der Waals surface area contributed by atoms with E-state index in [0.29, 0.717) is 29.5 Å². The second kappa shape index (κ2) is 8.44. The van der Waals surface area contributed by atoms with Gasteiger partial charge in [0.2, 0.25) is 0 Å². The molecule has 4 nitrogen and oxygen atoms in total. The molecule has 4 heteroatoms. The first kappa shape index (κ1) is 19.4. The molecule has 0 saturated carbocycles. The predicted octanol–water partition coefficient (Wildman–Crippen LogP) is 4.41. The van der Waals surface area contributed by atoms with E-state index in [4.69, 9.17) is 0 Å². The fourth-order valence-electron chi connectivity index (χ4n) is 2.92. The molecule has 0 aromatic heterocycles. The highest BCUT2D eigenvalue weighted by Gasteiger charge is 2.24. The molecule has 0 aliphatic heterocycles. The van der Waals surface area contributed by atoms with Gasteiger partial charge in [0, 0.05) is 17.5 Å². The van der Waals surface area contributed by atoms with Gasteiger partial charge in [-0.2, -0.15) is 5.26 Å². The van der Waals surface area contributed by atoms with Gasteiger partial charge in [0.1, 0.15) is 0 Å². The van der Waals surface area contributed by atoms with Crippen molar-refractivity contribution in [2.45, 2.75) is 38.5 Å². The van der Waals surface area contributed by atoms with E-state index in [1.807, 2.05) is 18.2 Å². The summed E-state index contributed by atoms with van der Waals surface area (Å²) in [5.74, 6) is -0.380. The lowest BCUT2D eigenvalue weighted by atomic mass is 9.78. The summed E-state index contributed by atoms with van der Waals surface area (Å²) in [6.45, 7) is 4.14. The molecule has 0 saturated heterocycles. The van der Waals surface area contributed by atoms with Gasteiger partial charge in [-0.15, -0.1) is 0 Å². The molecule has 0 aliphatic rings. The third-order valence-corrected chi connectivity index (χ3v) is 4.61. The zero-order chi connectivity index (χ0) is 19.2. The number of ketones is 1. The van der Waals surface area contributed by atoms with Crippen molar-refractivity contribution in [3.05, 3.63) is 70.8 Å². The van der Waals surface area contributed by atoms with Gasteiger partial charge in [-0.3, -0.25) is 9.59 Å². The normalized spacial score (nSPS) is 10.8. The number of nitriles is 1. The molecule has 0 unspecified atom stereocenters. The smallest absolute Gasteiger partial charge is 0.305 e. The lowest BCUT2D eigenvalue weighted by Crippen LogP contribution is -2.19. The number of carbonyl (C=O) groups is 2. The first-order valence-corrected chi connectivity index (χ1v) is 8.60. The van der Waals surface area contributed by atoms with Crippen LogP contribution in [0, 0.1) is 11.3 Å². The molecule has 0 amide bonds. The van der Waals surface area contributed by atoms with Crippen LogP contribution in [-0.2, 0) is 14.9 Å². The van der Waals surface area contributed by atoms with Crippen LogP contribution in [0.3, 0.4) is 0 Å². The fourth-order valence-corrected chi connectivity index (χ4v) is 2.92. The zero-order valence-electron chi connectivity index (χ0n) is 15.4. The summed E-state index contributed by atoms with van der Waals surface area (Å²) < 4.78 is 4.68. The molecule has 0 N–H and O–H groups in total. The Morgan fingerprint density at radius 2 is 1.81 bits per heavy atom. The Kier molecular flexibility index (Phi) is 6.30. The quantitative estimate of drug-likeness (QED) is 0.548. The molecule has 0 spiro atoms. The van der Waals surface area contributed by atoms with Crippen molar-refractivity contribution >= 4 is 11.8 Å². The van der Waals surface area contributed by atoms with Crippen LogP contribution in [0.1, 0.15) is 60.2 Å². The number of hydrogen-bond acceptors (Lipinski definition) is 4. The Balaban J connectivity index is 2.30. The largest absolute Gasteiger partial charge is 0.469 e. The average molecular weight is 349 g/mol. The zero-order valence-corrected chi connectivity index (χ0v) is 15.4. The van der Waals surface area contributed by atoms with Crippen molar-refractivity contribution in [3.8, 4) is 6.07 Å². The first-order valence-electron chi connectivity index (χ1n) is 8.60. The van der Waals surface area contributed by atoms with E-state index in [-0.39, 0.29) is 17.2 Å². The summed E-state index contributed by atoms with van der Waals surface area (Å²) in [6.07, 6.45) is 1.83. The van der Waals surface area contributed by atoms with E-state index in [1.165, 1.54) is 7.11 Å². The van der Waals surface area contributed by atoms with Gasteiger partial charge < -0.3 is 4.74 Å². The number of nitrogens with zero attached hydrogens (tertiary/aromatic N) is 1. The molecule has 2 rings (SSSR count). The predicted molar refractivity (Wildman–Crippen MR) is 99.9 cm³/mol. The summed E-state index contributed by atoms with van der Waals surface area (Å²) in [4.78, 5) is 24.2. The van der Waals surface area contributed by atoms with Gasteiger partial charge in [0.25, 0.3) is 0 Å². The number of benzene rings is 2. The van der Waals surface area contributed by atoms with Crippen LogP contribution in [0.15, 0.2) is 48.5 Å². The van der Waals surface area contributed by atoms with E-state index >= 15 is 0 Å². The maximum Gasteiger partial charge on any atom is 0.305 e. The summed E-state index contributed by atoms with van der Waals surface area (Å²) in [6, 6.07) is 16.5. The van der Waals surface area contributed by atoms with Gasteiger partial charge in [-0.05, 0) is 36.0 Å². The molecular formula is C22H23NO3. The molecule has 2 aromatic carbocycles. The van der Waals surface area contributed by atoms with Gasteiger partial charge in [0.05, 0.1) is 18.7 Å². The summed E-state index contributed by atoms with van der Waals surface area (Å²) in [5.41, 5.74) is 2.09. The number of carbonyl (C=O) groups excluding carboxylic acids is 2. The van der Waals surface area contributed by atoms with E-state index < -0.39 is 0 Å². The number of methoxy groups -OCH3 is 1. The first-order chi connectivity index (χ1) is 12.4. The number of ether oxygens (including phenoxy) is 1. The highest BCUT2D eigenvalue weighted by Crippen LogP contribution is 2.31. The number of hydrogen-bond donors (Lipinski definition) is 0. The van der Waals surface area contributed by atoms with E-state index in [9.17, 15) is 14.9 Å². The highest BCUT2D eigenvalue weighted by molar-refractivity contribution is 6.10. The van der Waals surface area contributed by atoms with Crippen molar-refractivity contribution in [3.63, 3.8) is 0 Å². The maximum atomic E-state index is 12.8. The highest BCUT2D eigenvalue weighted by atomic mass is 16.5. The Morgan fingerprint density at radius 1 is 1.12 bits per heavy atom. The summed E-state index contributed by atoms with van der Waals surface area (Å²) in [7, 11) is 1.38. The molecule has 0 aliphatic carbocycles. The van der Waals surface area contributed by atoms with Crippen LogP contribution in [0.4, 0.5) is 0 Å². The molecule has 0 fully saturated rings. The van der Waals surface area contributed by atoms with Crippen LogP contribution < -0.4 is 0 Å². The molecule has 0 atom stereocenters. The van der Waals surface area contributed by atoms with Crippen molar-refractivity contribution in [1.29, 1.82) is 5.26 Å². The molecule has 26 heavy (non-hydrogen) atoms. The Labute approximate surface area is 154 Å². The minimum atomic E-state index is -0.228. The topological polar surface area (TPSA) is 67.2 Å². The standard InChI is InChI=1S/C22H23NO3/c1-22(2,13-7-10-20(24)26-3)18-12-11-17(15-23)19(14-18)21(25)16-8-5-4-6-9-16/h4-6,8-9,11-12,14H,7,10,13H2,1-3H3. The van der Waals surface area contributed by atoms with Gasteiger partial charge in [-0.25, -0.2) is 0 Å². The Bertz CT molecular complexity index is 832. The minimum absolute atomic E-state index is 0.158. The Hall–Kier alpha value is -2.93. The van der Waals surface area contributed by atoms with Crippen LogP contribution in [0.5, 0.6) is 0 Å². The third kappa shape index (κ3) is 4.58. The van der Waals surface area contributed by atoms with Crippen LogP contribution >= 0.6 is 0 Å². The Morgan fingerprint density at radius 3 is 2.42 bits per heavy atom. The number of esters is 1. The van der Waals surface area contributed by atoms with E-state index in [1.54, 1.807) is 30.3 Å². The van der Waals surface area contributed by atoms with Gasteiger partial charge in [-0.1, -0.05) is 50.2 Å². The van der Waals surface area contributed by atoms with Crippen molar-refractivity contribution in [2.75, 3.05) is 7.11 Å². The number of rotatable bonds is 7. The van der Waals surface area contributed by atoms with Crippen LogP contribution in [-0.4, -0.2) is 18.9 Å². The molecule has 0 bridgehead atoms. The molecule has 134 valence electrons. The summed E-state index contributed by atoms with van der Waals surface area (Å²) >= 11 is 0. The second-order valence-electron chi connectivity index (χ2n) is 6.88. The minimum Gasteiger partial charge on any atom is -0.469 e. The maximum absolute atomic E-state index is 12.8. The SMILES string of the molecule is COC(=O)CCCC(C)(C)c1ccc(C#N)c(C(=O)c2ccccc2)c1. The average Bonchev–Trinajstić information content (AvgIpc) is 2.67. The molecule has 2 aromatic rings. The monoisotopic (exact) mass is 349 g/mol. The second-order valence-corrected chi connectivity index (χ2v) is 6.88. The van der Waals surface area contributed by atoms with E-state index in [2.05, 4.69) is 24.7 Å². The molecule has 0 heterocycles. The molecule has 0 radical (unpaired) electrons. The van der Waals surface area contributed by atoms with Crippen LogP contribution in [0.2, 0.25) is 0 Å². The molecular weight excluding hydrogens is 326 g/mol. The lowest BCUT2D eigenvalue weighted by molar-refractivity contribution is -0.140. The van der Waals surface area contributed by atoms with Crippen molar-refractivity contribution in [2.24, 2.45) is 0 Å². The van der Waals surface area contributed by atoms with Crippen molar-refractivity contribution < 1.29 is 14.3 Å². The fraction of sp³-hybridized carbons (Fsp3) is 0.318. The van der Waals surface area contributed by atoms with Gasteiger partial charge >= 0.3 is 5.97 Å². The summed E-state index contributed by atoms with van der Waals surface area (Å²) in [5, 5.41) is 9.38. The van der Waals surface area contributed by atoms with E-state index in [0.717, 1.165) is 12.0 Å². The van der Waals surface area contributed by atoms with Crippen molar-refractivity contribution in [1.82, 2.24) is 0 Å². The van der Waals surface area contributed by atoms with Crippen LogP contribution in [0.25, 0.3) is 0 Å². The van der Waals surface area contributed by atoms with Gasteiger partial charge in [0.15, 0.2) is 5.78 Å². The lowest BCUT2D eigenvalue weighted by Gasteiger charge is -2.26. The third-order valence-electron chi connectivity index (χ3n) is 4.61.